The number of aromatic amines is 1. The van der Waals surface area contributed by atoms with Gasteiger partial charge in [-0.05, 0) is 48.7 Å². The Balaban J connectivity index is 1.48. The van der Waals surface area contributed by atoms with Crippen LogP contribution in [0.1, 0.15) is 16.7 Å². The van der Waals surface area contributed by atoms with E-state index in [0.29, 0.717) is 36.2 Å². The fourth-order valence-electron chi connectivity index (χ4n) is 4.47. The molecule has 0 amide bonds. The summed E-state index contributed by atoms with van der Waals surface area (Å²) < 4.78 is 49.2. The average Bonchev–Trinajstić information content (AvgIpc) is 3.28. The van der Waals surface area contributed by atoms with Crippen molar-refractivity contribution >= 4 is 22.3 Å². The average molecular weight is 480 g/mol. The molecule has 4 aromatic rings. The first-order valence-electron chi connectivity index (χ1n) is 11.2. The van der Waals surface area contributed by atoms with Gasteiger partial charge in [0.05, 0.1) is 11.2 Å². The normalized spacial score (nSPS) is 13.2. The van der Waals surface area contributed by atoms with E-state index in [1.54, 1.807) is 12.1 Å². The third-order valence-electron chi connectivity index (χ3n) is 6.03. The molecular formula is C27H23F3N2O3. The first-order valence-corrected chi connectivity index (χ1v) is 11.2. The molecule has 0 atom stereocenters. The van der Waals surface area contributed by atoms with Crippen LogP contribution in [0.15, 0.2) is 71.5 Å². The SMILES string of the molecule is Cc1cc(OCc2ccccc2)ccc1N1CCc2c1c1cccc(OCC(F)(F)F)c1[nH]c2=O. The van der Waals surface area contributed by atoms with E-state index in [1.807, 2.05) is 60.4 Å². The number of ether oxygens (including phenoxy) is 2. The van der Waals surface area contributed by atoms with Crippen LogP contribution in [0.5, 0.6) is 11.5 Å². The smallest absolute Gasteiger partial charge is 0.422 e. The summed E-state index contributed by atoms with van der Waals surface area (Å²) >= 11 is 0. The fraction of sp³-hybridized carbons (Fsp3) is 0.222. The Labute approximate surface area is 199 Å². The molecule has 3 aromatic carbocycles. The van der Waals surface area contributed by atoms with Crippen molar-refractivity contribution in [3.63, 3.8) is 0 Å². The van der Waals surface area contributed by atoms with Crippen molar-refractivity contribution in [2.45, 2.75) is 26.1 Å². The van der Waals surface area contributed by atoms with Gasteiger partial charge < -0.3 is 19.4 Å². The van der Waals surface area contributed by atoms with Crippen LogP contribution < -0.4 is 19.9 Å². The second-order valence-electron chi connectivity index (χ2n) is 8.49. The van der Waals surface area contributed by atoms with Crippen LogP contribution in [0.3, 0.4) is 0 Å². The quantitative estimate of drug-likeness (QED) is 0.365. The van der Waals surface area contributed by atoms with Gasteiger partial charge in [-0.1, -0.05) is 42.5 Å². The van der Waals surface area contributed by atoms with Gasteiger partial charge in [-0.25, -0.2) is 0 Å². The molecule has 0 saturated carbocycles. The Hall–Kier alpha value is -3.94. The van der Waals surface area contributed by atoms with E-state index in [0.717, 1.165) is 22.6 Å². The lowest BCUT2D eigenvalue weighted by Crippen LogP contribution is -2.20. The second-order valence-corrected chi connectivity index (χ2v) is 8.49. The molecule has 8 heteroatoms. The number of para-hydroxylation sites is 1. The molecule has 5 nitrogen and oxygen atoms in total. The molecule has 1 aliphatic rings. The first kappa shape index (κ1) is 22.8. The molecule has 0 aliphatic carbocycles. The van der Waals surface area contributed by atoms with Crippen molar-refractivity contribution in [1.29, 1.82) is 0 Å². The van der Waals surface area contributed by atoms with Gasteiger partial charge in [-0.2, -0.15) is 13.2 Å². The van der Waals surface area contributed by atoms with Gasteiger partial charge in [0, 0.05) is 23.2 Å². The minimum absolute atomic E-state index is 0.00652. The third kappa shape index (κ3) is 4.69. The van der Waals surface area contributed by atoms with Crippen LogP contribution in [0.2, 0.25) is 0 Å². The Kier molecular flexibility index (Phi) is 5.88. The van der Waals surface area contributed by atoms with E-state index in [2.05, 4.69) is 4.98 Å². The summed E-state index contributed by atoms with van der Waals surface area (Å²) in [7, 11) is 0. The predicted molar refractivity (Wildman–Crippen MR) is 129 cm³/mol. The molecule has 0 saturated heterocycles. The highest BCUT2D eigenvalue weighted by molar-refractivity contribution is 5.99. The van der Waals surface area contributed by atoms with E-state index in [1.165, 1.54) is 6.07 Å². The molecule has 180 valence electrons. The van der Waals surface area contributed by atoms with E-state index >= 15 is 0 Å². The Morgan fingerprint density at radius 1 is 1.00 bits per heavy atom. The summed E-state index contributed by atoms with van der Waals surface area (Å²) in [6, 6.07) is 20.5. The number of hydrogen-bond acceptors (Lipinski definition) is 4. The second kappa shape index (κ2) is 9.02. The summed E-state index contributed by atoms with van der Waals surface area (Å²) in [5, 5.41) is 0.639. The number of fused-ring (bicyclic) bond motifs is 3. The summed E-state index contributed by atoms with van der Waals surface area (Å²) in [6.45, 7) is 1.57. The number of aromatic nitrogens is 1. The summed E-state index contributed by atoms with van der Waals surface area (Å²) in [5.74, 6) is 0.723. The molecule has 1 N–H and O–H groups in total. The lowest BCUT2D eigenvalue weighted by atomic mass is 10.1. The van der Waals surface area contributed by atoms with Crippen molar-refractivity contribution in [3.05, 3.63) is 93.8 Å². The number of halogens is 3. The van der Waals surface area contributed by atoms with Crippen molar-refractivity contribution in [1.82, 2.24) is 4.98 Å². The molecule has 0 radical (unpaired) electrons. The van der Waals surface area contributed by atoms with Gasteiger partial charge in [0.25, 0.3) is 5.56 Å². The number of anilines is 2. The van der Waals surface area contributed by atoms with E-state index in [4.69, 9.17) is 9.47 Å². The van der Waals surface area contributed by atoms with Gasteiger partial charge in [0.15, 0.2) is 6.61 Å². The van der Waals surface area contributed by atoms with Gasteiger partial charge in [-0.15, -0.1) is 0 Å². The highest BCUT2D eigenvalue weighted by Gasteiger charge is 2.30. The Bertz CT molecular complexity index is 1430. The number of H-pyrrole nitrogens is 1. The lowest BCUT2D eigenvalue weighted by Gasteiger charge is -2.24. The minimum atomic E-state index is -4.48. The first-order chi connectivity index (χ1) is 16.8. The molecule has 0 bridgehead atoms. The topological polar surface area (TPSA) is 54.6 Å². The molecule has 5 rings (SSSR count). The number of benzene rings is 3. The third-order valence-corrected chi connectivity index (χ3v) is 6.03. The zero-order valence-electron chi connectivity index (χ0n) is 19.0. The summed E-state index contributed by atoms with van der Waals surface area (Å²) in [5.41, 5.74) is 4.17. The monoisotopic (exact) mass is 480 g/mol. The zero-order valence-corrected chi connectivity index (χ0v) is 19.0. The van der Waals surface area contributed by atoms with E-state index < -0.39 is 12.8 Å². The number of alkyl halides is 3. The molecule has 1 aliphatic heterocycles. The Morgan fingerprint density at radius 3 is 2.54 bits per heavy atom. The van der Waals surface area contributed by atoms with Crippen LogP contribution >= 0.6 is 0 Å². The number of hydrogen-bond donors (Lipinski definition) is 1. The maximum absolute atomic E-state index is 12.8. The Morgan fingerprint density at radius 2 is 1.80 bits per heavy atom. The van der Waals surface area contributed by atoms with Crippen molar-refractivity contribution in [3.8, 4) is 11.5 Å². The highest BCUT2D eigenvalue weighted by atomic mass is 19.4. The van der Waals surface area contributed by atoms with Crippen LogP contribution in [0.4, 0.5) is 24.5 Å². The standard InChI is InChI=1S/C27H23F3N2O3/c1-17-14-19(34-15-18-6-3-2-4-7-18)10-11-22(17)32-13-12-21-25(32)20-8-5-9-23(24(20)31-26(21)33)35-16-27(28,29)30/h2-11,14H,12-13,15-16H2,1H3,(H,31,33). The maximum Gasteiger partial charge on any atom is 0.422 e. The highest BCUT2D eigenvalue weighted by Crippen LogP contribution is 2.41. The van der Waals surface area contributed by atoms with E-state index in [-0.39, 0.29) is 16.8 Å². The van der Waals surface area contributed by atoms with Crippen molar-refractivity contribution < 1.29 is 22.6 Å². The molecule has 1 aromatic heterocycles. The summed E-state index contributed by atoms with van der Waals surface area (Å²) in [4.78, 5) is 17.6. The number of nitrogens with zero attached hydrogens (tertiary/aromatic N) is 1. The number of pyridine rings is 1. The molecule has 2 heterocycles. The molecule has 35 heavy (non-hydrogen) atoms. The lowest BCUT2D eigenvalue weighted by molar-refractivity contribution is -0.153. The zero-order chi connectivity index (χ0) is 24.6. The number of rotatable bonds is 6. The minimum Gasteiger partial charge on any atom is -0.489 e. The molecule has 0 fully saturated rings. The van der Waals surface area contributed by atoms with E-state index in [9.17, 15) is 18.0 Å². The van der Waals surface area contributed by atoms with Gasteiger partial charge in [0.1, 0.15) is 18.1 Å². The van der Waals surface area contributed by atoms with Gasteiger partial charge in [0.2, 0.25) is 0 Å². The molecule has 0 unspecified atom stereocenters. The number of nitrogens with one attached hydrogen (secondary N) is 1. The molecule has 0 spiro atoms. The largest absolute Gasteiger partial charge is 0.489 e. The van der Waals surface area contributed by atoms with Crippen molar-refractivity contribution in [2.24, 2.45) is 0 Å². The molecular weight excluding hydrogens is 457 g/mol. The maximum atomic E-state index is 12.8. The van der Waals surface area contributed by atoms with Gasteiger partial charge >= 0.3 is 6.18 Å². The van der Waals surface area contributed by atoms with Crippen LogP contribution in [0.25, 0.3) is 10.9 Å². The number of aryl methyl sites for hydroxylation is 1. The summed E-state index contributed by atoms with van der Waals surface area (Å²) in [6.07, 6.45) is -3.95. The van der Waals surface area contributed by atoms with Crippen LogP contribution in [-0.4, -0.2) is 24.3 Å². The van der Waals surface area contributed by atoms with Gasteiger partial charge in [-0.3, -0.25) is 4.79 Å². The van der Waals surface area contributed by atoms with Crippen molar-refractivity contribution in [2.75, 3.05) is 18.1 Å². The van der Waals surface area contributed by atoms with Crippen LogP contribution in [-0.2, 0) is 13.0 Å². The predicted octanol–water partition coefficient (Wildman–Crippen LogP) is 6.05. The fourth-order valence-corrected chi connectivity index (χ4v) is 4.47. The van der Waals surface area contributed by atoms with Crippen LogP contribution in [0, 0.1) is 6.92 Å².